The maximum atomic E-state index is 14.3. The molecule has 74 heavy (non-hydrogen) atoms. The van der Waals surface area contributed by atoms with Crippen molar-refractivity contribution in [2.75, 3.05) is 19.6 Å². The fraction of sp³-hybridized carbons (Fsp3) is 0.776. The molecule has 0 aliphatic rings. The van der Waals surface area contributed by atoms with E-state index in [0.29, 0.717) is 70.8 Å². The van der Waals surface area contributed by atoms with Crippen LogP contribution in [-0.2, 0) is 43.2 Å². The molecule has 0 aliphatic heterocycles. The Bertz CT molecular complexity index is 1810. The zero-order chi connectivity index (χ0) is 56.2. The first kappa shape index (κ1) is 67.7. The van der Waals surface area contributed by atoms with Gasteiger partial charge in [-0.05, 0) is 83.1 Å². The maximum Gasteiger partial charge on any atom is 0.243 e. The lowest BCUT2D eigenvalue weighted by atomic mass is 10.00. The van der Waals surface area contributed by atoms with Crippen molar-refractivity contribution in [3.05, 3.63) is 0 Å². The van der Waals surface area contributed by atoms with Crippen molar-refractivity contribution in [2.45, 2.75) is 219 Å². The number of hydrogen-bond acceptors (Lipinski definition) is 12. The summed E-state index contributed by atoms with van der Waals surface area (Å²) in [7, 11) is 0. The van der Waals surface area contributed by atoms with Gasteiger partial charge in [-0.25, -0.2) is 0 Å². The van der Waals surface area contributed by atoms with Crippen LogP contribution in [0.2, 0.25) is 0 Å². The van der Waals surface area contributed by atoms with Gasteiger partial charge in [-0.2, -0.15) is 0 Å². The van der Waals surface area contributed by atoms with Crippen molar-refractivity contribution in [3.63, 3.8) is 0 Å². The Balaban J connectivity index is 6.71. The second-order valence-corrected chi connectivity index (χ2v) is 19.0. The smallest absolute Gasteiger partial charge is 0.243 e. The number of nitrogens with zero attached hydrogens (tertiary/aromatic N) is 2. The van der Waals surface area contributed by atoms with Crippen LogP contribution in [0.5, 0.6) is 0 Å². The molecule has 0 saturated heterocycles. The van der Waals surface area contributed by atoms with Gasteiger partial charge in [-0.1, -0.05) is 92.9 Å². The van der Waals surface area contributed by atoms with Crippen molar-refractivity contribution in [2.24, 2.45) is 50.3 Å². The molecule has 0 rings (SSSR count). The fourth-order valence-electron chi connectivity index (χ4n) is 7.69. The number of carbonyl (C=O) groups excluding carboxylic acids is 9. The molecule has 0 aromatic carbocycles. The van der Waals surface area contributed by atoms with Crippen LogP contribution in [0.4, 0.5) is 0 Å². The van der Waals surface area contributed by atoms with Crippen molar-refractivity contribution in [1.82, 2.24) is 42.5 Å². The first-order chi connectivity index (χ1) is 35.1. The van der Waals surface area contributed by atoms with Gasteiger partial charge in [0.25, 0.3) is 0 Å². The first-order valence-electron chi connectivity index (χ1n) is 26.6. The molecule has 424 valence electrons. The van der Waals surface area contributed by atoms with Crippen molar-refractivity contribution < 1.29 is 43.2 Å². The summed E-state index contributed by atoms with van der Waals surface area (Å²) >= 11 is 0. The van der Waals surface area contributed by atoms with Gasteiger partial charge >= 0.3 is 0 Å². The lowest BCUT2D eigenvalue weighted by molar-refractivity contribution is -0.136. The molecule has 0 saturated carbocycles. The molecular weight excluding hydrogens is 957 g/mol. The number of unbranched alkanes of at least 4 members (excludes halogenated alkanes) is 5. The van der Waals surface area contributed by atoms with Gasteiger partial charge in [0.2, 0.25) is 53.2 Å². The molecule has 9 amide bonds. The molecule has 8 atom stereocenters. The molecule has 20 N–H and O–H groups in total. The van der Waals surface area contributed by atoms with Gasteiger partial charge in [0, 0.05) is 20.0 Å². The summed E-state index contributed by atoms with van der Waals surface area (Å²) in [6, 6.07) is -8.90. The molecule has 0 bridgehead atoms. The summed E-state index contributed by atoms with van der Waals surface area (Å²) in [5, 5.41) is 21.9. The number of guanidine groups is 2. The highest BCUT2D eigenvalue weighted by Gasteiger charge is 2.35. The highest BCUT2D eigenvalue weighted by atomic mass is 16.2. The largest absolute Gasteiger partial charge is 0.370 e. The predicted octanol–water partition coefficient (Wildman–Crippen LogP) is -0.977. The molecule has 0 spiro atoms. The van der Waals surface area contributed by atoms with E-state index in [4.69, 9.17) is 34.4 Å². The number of primary amides is 1. The van der Waals surface area contributed by atoms with Crippen LogP contribution >= 0.6 is 0 Å². The Labute approximate surface area is 438 Å². The topological polar surface area (TPSA) is 431 Å². The minimum absolute atomic E-state index is 0.00166. The maximum absolute atomic E-state index is 14.3. The minimum Gasteiger partial charge on any atom is -0.370 e. The number of aliphatic imine (C=N–C) groups is 2. The fourth-order valence-corrected chi connectivity index (χ4v) is 7.69. The van der Waals surface area contributed by atoms with E-state index in [9.17, 15) is 43.2 Å². The monoisotopic (exact) mass is 1050 g/mol. The van der Waals surface area contributed by atoms with E-state index in [1.54, 1.807) is 13.8 Å². The predicted molar refractivity (Wildman–Crippen MR) is 286 cm³/mol. The van der Waals surface area contributed by atoms with Crippen LogP contribution in [0.3, 0.4) is 0 Å². The average molecular weight is 1050 g/mol. The molecule has 0 radical (unpaired) electrons. The number of rotatable bonds is 41. The number of nitrogens with two attached hydrogens (primary N) is 6. The second kappa shape index (κ2) is 39.2. The third-order valence-corrected chi connectivity index (χ3v) is 12.0. The summed E-state index contributed by atoms with van der Waals surface area (Å²) in [5.41, 5.74) is 33.2. The van der Waals surface area contributed by atoms with E-state index < -0.39 is 102 Å². The van der Waals surface area contributed by atoms with Crippen LogP contribution < -0.4 is 76.9 Å². The molecule has 0 aromatic heterocycles. The highest BCUT2D eigenvalue weighted by molar-refractivity contribution is 5.98. The van der Waals surface area contributed by atoms with Gasteiger partial charge in [-0.3, -0.25) is 53.1 Å². The lowest BCUT2D eigenvalue weighted by Gasteiger charge is -2.29. The van der Waals surface area contributed by atoms with Crippen LogP contribution in [0.1, 0.15) is 170 Å². The summed E-state index contributed by atoms with van der Waals surface area (Å²) in [5.74, 6) is -6.66. The second-order valence-electron chi connectivity index (χ2n) is 19.0. The van der Waals surface area contributed by atoms with Crippen molar-refractivity contribution in [1.29, 1.82) is 0 Å². The standard InChI is InChI=1S/C49H94N16O9/c1-8-12-20-33(58-31(7)66)41(68)60-34(21-13-9-2)43(70)61-35(22-14-10-3)44(71)62-36(23-15-11-4)45(72)63-38(26-19-29-57-49(54)55)46(73)65-39(30(5)6)47(74)64-37(24-16-17-27-50)42(69)59-32(40(51)67)25-18-28-56-48(52)53/h30,32-39H,8-29,50H2,1-7H3,(H2,51,67)(H,58,66)(H,59,69)(H,60,68)(H,61,70)(H,62,71)(H,63,72)(H,64,74)(H,65,73)(H4,52,53,56)(H4,54,55,57)/t32-,33-,34-,35-,36-,37-,38-,39-/m0/s1. The Morgan fingerprint density at radius 3 is 0.959 bits per heavy atom. The number of amides is 9. The summed E-state index contributed by atoms with van der Waals surface area (Å²) in [6.07, 6.45) is 7.89. The molecule has 25 heteroatoms. The van der Waals surface area contributed by atoms with Crippen LogP contribution in [-0.4, -0.2) is 133 Å². The van der Waals surface area contributed by atoms with Gasteiger partial charge in [0.05, 0.1) is 0 Å². The number of carbonyl (C=O) groups is 9. The lowest BCUT2D eigenvalue weighted by Crippen LogP contribution is -2.61. The van der Waals surface area contributed by atoms with E-state index >= 15 is 0 Å². The van der Waals surface area contributed by atoms with Gasteiger partial charge in [0.15, 0.2) is 11.9 Å². The molecule has 0 unspecified atom stereocenters. The Morgan fingerprint density at radius 1 is 0.378 bits per heavy atom. The number of nitrogens with one attached hydrogen (secondary N) is 8. The molecule has 0 fully saturated rings. The quantitative estimate of drug-likeness (QED) is 0.0199. The van der Waals surface area contributed by atoms with Crippen molar-refractivity contribution in [3.8, 4) is 0 Å². The normalized spacial score (nSPS) is 14.2. The molecule has 0 aromatic rings. The van der Waals surface area contributed by atoms with Gasteiger partial charge in [0.1, 0.15) is 48.3 Å². The summed E-state index contributed by atoms with van der Waals surface area (Å²) in [4.78, 5) is 130. The molecular formula is C49H94N16O9. The molecule has 0 aliphatic carbocycles. The summed E-state index contributed by atoms with van der Waals surface area (Å²) < 4.78 is 0. The highest BCUT2D eigenvalue weighted by Crippen LogP contribution is 2.12. The minimum atomic E-state index is -1.28. The van der Waals surface area contributed by atoms with E-state index in [-0.39, 0.29) is 75.9 Å². The molecule has 25 nitrogen and oxygen atoms in total. The van der Waals surface area contributed by atoms with Crippen LogP contribution in [0, 0.1) is 5.92 Å². The summed E-state index contributed by atoms with van der Waals surface area (Å²) in [6.45, 7) is 13.0. The van der Waals surface area contributed by atoms with Gasteiger partial charge < -0.3 is 76.9 Å². The SMILES string of the molecule is CCCC[C@H](NC(C)=O)C(=O)N[C@@H](CCCC)C(=O)N[C@@H](CCCC)C(=O)N[C@@H](CCCC)C(=O)N[C@@H](CCCN=C(N)N)C(=O)N[C@H](C(=O)N[C@@H](CCCCN)C(=O)N[C@@H](CCCN=C(N)N)C(N)=O)C(C)C. The Hall–Kier alpha value is -6.27. The molecule has 0 heterocycles. The Morgan fingerprint density at radius 2 is 0.662 bits per heavy atom. The van der Waals surface area contributed by atoms with E-state index in [1.807, 2.05) is 27.7 Å². The van der Waals surface area contributed by atoms with E-state index in [0.717, 1.165) is 12.8 Å². The van der Waals surface area contributed by atoms with E-state index in [2.05, 4.69) is 52.5 Å². The van der Waals surface area contributed by atoms with E-state index in [1.165, 1.54) is 6.92 Å². The third kappa shape index (κ3) is 29.4. The number of hydrogen-bond donors (Lipinski definition) is 14. The van der Waals surface area contributed by atoms with Crippen molar-refractivity contribution >= 4 is 65.1 Å². The zero-order valence-corrected chi connectivity index (χ0v) is 45.3. The third-order valence-electron chi connectivity index (χ3n) is 12.0. The van der Waals surface area contributed by atoms with Gasteiger partial charge in [-0.15, -0.1) is 0 Å². The van der Waals surface area contributed by atoms with Crippen LogP contribution in [0.25, 0.3) is 0 Å². The van der Waals surface area contributed by atoms with Crippen LogP contribution in [0.15, 0.2) is 9.98 Å². The first-order valence-corrected chi connectivity index (χ1v) is 26.6. The zero-order valence-electron chi connectivity index (χ0n) is 45.3. The average Bonchev–Trinajstić information content (AvgIpc) is 3.33. The Kier molecular flexibility index (Phi) is 35.9.